The standard InChI is InChI=1S/C8H9N5O/c9-7-6-8(11-4-10-7)13(5-12-6)2-1-3-14/h1-2,4-5,14H,3H2,(H2,9,10,11). The Morgan fingerprint density at radius 3 is 3.07 bits per heavy atom. The van der Waals surface area contributed by atoms with Crippen LogP contribution in [0.15, 0.2) is 18.7 Å². The van der Waals surface area contributed by atoms with Gasteiger partial charge in [0, 0.05) is 6.20 Å². The topological polar surface area (TPSA) is 89.9 Å². The predicted octanol–water partition coefficient (Wildman–Crippen LogP) is -0.129. The lowest BCUT2D eigenvalue weighted by Gasteiger charge is -1.95. The number of nitrogen functional groups attached to an aromatic ring is 1. The number of fused-ring (bicyclic) bond motifs is 1. The fourth-order valence-corrected chi connectivity index (χ4v) is 1.14. The molecule has 72 valence electrons. The van der Waals surface area contributed by atoms with Crippen molar-refractivity contribution >= 4 is 23.2 Å². The zero-order chi connectivity index (χ0) is 9.97. The first-order valence-electron chi connectivity index (χ1n) is 4.03. The van der Waals surface area contributed by atoms with Gasteiger partial charge < -0.3 is 10.8 Å². The number of imidazole rings is 1. The van der Waals surface area contributed by atoms with Crippen LogP contribution in [0.25, 0.3) is 17.4 Å². The van der Waals surface area contributed by atoms with E-state index in [0.717, 1.165) is 0 Å². The zero-order valence-corrected chi connectivity index (χ0v) is 7.33. The van der Waals surface area contributed by atoms with Crippen LogP contribution in [0.5, 0.6) is 0 Å². The molecule has 0 amide bonds. The van der Waals surface area contributed by atoms with E-state index in [9.17, 15) is 0 Å². The fourth-order valence-electron chi connectivity index (χ4n) is 1.14. The fraction of sp³-hybridized carbons (Fsp3) is 0.125. The van der Waals surface area contributed by atoms with Gasteiger partial charge in [-0.25, -0.2) is 15.0 Å². The molecular weight excluding hydrogens is 182 g/mol. The Morgan fingerprint density at radius 2 is 2.29 bits per heavy atom. The summed E-state index contributed by atoms with van der Waals surface area (Å²) in [7, 11) is 0. The molecular formula is C8H9N5O. The van der Waals surface area contributed by atoms with Crippen LogP contribution in [0.4, 0.5) is 5.82 Å². The Kier molecular flexibility index (Phi) is 2.11. The van der Waals surface area contributed by atoms with E-state index in [2.05, 4.69) is 15.0 Å². The van der Waals surface area contributed by atoms with Gasteiger partial charge in [0.1, 0.15) is 12.7 Å². The van der Waals surface area contributed by atoms with Gasteiger partial charge in [-0.2, -0.15) is 0 Å². The average Bonchev–Trinajstić information content (AvgIpc) is 2.60. The molecule has 2 aromatic heterocycles. The molecule has 2 heterocycles. The highest BCUT2D eigenvalue weighted by molar-refractivity contribution is 5.82. The van der Waals surface area contributed by atoms with Crippen LogP contribution in [0.1, 0.15) is 0 Å². The van der Waals surface area contributed by atoms with E-state index in [1.165, 1.54) is 6.33 Å². The van der Waals surface area contributed by atoms with Crippen LogP contribution >= 0.6 is 0 Å². The number of rotatable bonds is 2. The number of aromatic nitrogens is 4. The molecule has 2 rings (SSSR count). The molecule has 0 atom stereocenters. The lowest BCUT2D eigenvalue weighted by atomic mass is 10.5. The molecule has 6 nitrogen and oxygen atoms in total. The Labute approximate surface area is 79.7 Å². The monoisotopic (exact) mass is 191 g/mol. The molecule has 0 saturated carbocycles. The highest BCUT2D eigenvalue weighted by Crippen LogP contribution is 2.13. The number of aliphatic hydroxyl groups excluding tert-OH is 1. The Morgan fingerprint density at radius 1 is 1.43 bits per heavy atom. The van der Waals surface area contributed by atoms with Crippen LogP contribution in [0.2, 0.25) is 0 Å². The molecule has 2 aromatic rings. The van der Waals surface area contributed by atoms with Gasteiger partial charge in [-0.15, -0.1) is 0 Å². The number of hydrogen-bond donors (Lipinski definition) is 2. The van der Waals surface area contributed by atoms with Gasteiger partial charge in [0.15, 0.2) is 17.0 Å². The third-order valence-corrected chi connectivity index (χ3v) is 1.76. The minimum absolute atomic E-state index is 0.0275. The summed E-state index contributed by atoms with van der Waals surface area (Å²) in [6.45, 7) is -0.0275. The van der Waals surface area contributed by atoms with Gasteiger partial charge in [0.2, 0.25) is 0 Å². The summed E-state index contributed by atoms with van der Waals surface area (Å²) in [5.41, 5.74) is 6.79. The minimum atomic E-state index is -0.0275. The molecule has 0 saturated heterocycles. The third kappa shape index (κ3) is 1.31. The van der Waals surface area contributed by atoms with Crippen molar-refractivity contribution in [3.05, 3.63) is 18.7 Å². The van der Waals surface area contributed by atoms with Gasteiger partial charge in [0.05, 0.1) is 6.61 Å². The van der Waals surface area contributed by atoms with Crippen molar-refractivity contribution in [1.29, 1.82) is 0 Å². The largest absolute Gasteiger partial charge is 0.392 e. The van der Waals surface area contributed by atoms with E-state index in [4.69, 9.17) is 10.8 Å². The molecule has 0 aliphatic carbocycles. The summed E-state index contributed by atoms with van der Waals surface area (Å²) in [4.78, 5) is 11.9. The highest BCUT2D eigenvalue weighted by Gasteiger charge is 2.04. The number of aliphatic hydroxyl groups is 1. The van der Waals surface area contributed by atoms with E-state index in [-0.39, 0.29) is 6.61 Å². The van der Waals surface area contributed by atoms with E-state index in [1.807, 2.05) is 0 Å². The second-order valence-electron chi connectivity index (χ2n) is 2.65. The van der Waals surface area contributed by atoms with Crippen molar-refractivity contribution in [1.82, 2.24) is 19.5 Å². The number of hydrogen-bond acceptors (Lipinski definition) is 5. The van der Waals surface area contributed by atoms with Crippen molar-refractivity contribution in [3.63, 3.8) is 0 Å². The second kappa shape index (κ2) is 3.43. The molecule has 0 unspecified atom stereocenters. The highest BCUT2D eigenvalue weighted by atomic mass is 16.2. The quantitative estimate of drug-likeness (QED) is 0.690. The first-order valence-corrected chi connectivity index (χ1v) is 4.03. The zero-order valence-electron chi connectivity index (χ0n) is 7.33. The smallest absolute Gasteiger partial charge is 0.169 e. The summed E-state index contributed by atoms with van der Waals surface area (Å²) in [6.07, 6.45) is 6.20. The van der Waals surface area contributed by atoms with Crippen LogP contribution in [-0.2, 0) is 0 Å². The molecule has 0 fully saturated rings. The van der Waals surface area contributed by atoms with Crippen molar-refractivity contribution in [2.75, 3.05) is 12.3 Å². The Balaban J connectivity index is 2.58. The molecule has 0 aliphatic heterocycles. The first-order chi connectivity index (χ1) is 6.83. The molecule has 14 heavy (non-hydrogen) atoms. The molecule has 0 spiro atoms. The number of anilines is 1. The SMILES string of the molecule is Nc1ncnc2c1ncn2C=CCO. The minimum Gasteiger partial charge on any atom is -0.392 e. The maximum Gasteiger partial charge on any atom is 0.169 e. The maximum absolute atomic E-state index is 8.61. The molecule has 0 aliphatic rings. The van der Waals surface area contributed by atoms with E-state index < -0.39 is 0 Å². The second-order valence-corrected chi connectivity index (χ2v) is 2.65. The van der Waals surface area contributed by atoms with E-state index >= 15 is 0 Å². The van der Waals surface area contributed by atoms with Gasteiger partial charge in [-0.05, 0) is 6.08 Å². The summed E-state index contributed by atoms with van der Waals surface area (Å²) >= 11 is 0. The normalized spacial score (nSPS) is 11.5. The number of nitrogens with zero attached hydrogens (tertiary/aromatic N) is 4. The Hall–Kier alpha value is -1.95. The molecule has 0 aromatic carbocycles. The van der Waals surface area contributed by atoms with Crippen LogP contribution in [0, 0.1) is 0 Å². The first kappa shape index (κ1) is 8.64. The molecule has 0 radical (unpaired) electrons. The summed E-state index contributed by atoms with van der Waals surface area (Å²) in [5, 5.41) is 8.61. The summed E-state index contributed by atoms with van der Waals surface area (Å²) in [6, 6.07) is 0. The summed E-state index contributed by atoms with van der Waals surface area (Å²) in [5.74, 6) is 0.353. The summed E-state index contributed by atoms with van der Waals surface area (Å²) < 4.78 is 1.67. The van der Waals surface area contributed by atoms with E-state index in [1.54, 1.807) is 23.2 Å². The van der Waals surface area contributed by atoms with Gasteiger partial charge in [-0.3, -0.25) is 4.57 Å². The lowest BCUT2D eigenvalue weighted by Crippen LogP contribution is -1.94. The number of nitrogens with two attached hydrogens (primary N) is 1. The van der Waals surface area contributed by atoms with Crippen molar-refractivity contribution in [2.45, 2.75) is 0 Å². The van der Waals surface area contributed by atoms with E-state index in [0.29, 0.717) is 17.0 Å². The van der Waals surface area contributed by atoms with Crippen LogP contribution < -0.4 is 5.73 Å². The molecule has 3 N–H and O–H groups in total. The average molecular weight is 191 g/mol. The van der Waals surface area contributed by atoms with Crippen LogP contribution in [-0.4, -0.2) is 31.2 Å². The molecule has 0 bridgehead atoms. The third-order valence-electron chi connectivity index (χ3n) is 1.76. The van der Waals surface area contributed by atoms with Crippen molar-refractivity contribution in [2.24, 2.45) is 0 Å². The maximum atomic E-state index is 8.61. The lowest BCUT2D eigenvalue weighted by molar-refractivity contribution is 0.343. The predicted molar refractivity (Wildman–Crippen MR) is 52.2 cm³/mol. The van der Waals surface area contributed by atoms with Gasteiger partial charge in [-0.1, -0.05) is 0 Å². The van der Waals surface area contributed by atoms with Gasteiger partial charge in [0.25, 0.3) is 0 Å². The van der Waals surface area contributed by atoms with Crippen LogP contribution in [0.3, 0.4) is 0 Å². The van der Waals surface area contributed by atoms with Gasteiger partial charge >= 0.3 is 0 Å². The molecule has 6 heteroatoms. The van der Waals surface area contributed by atoms with Crippen molar-refractivity contribution in [3.8, 4) is 0 Å². The Bertz CT molecular complexity index is 476. The van der Waals surface area contributed by atoms with Crippen molar-refractivity contribution < 1.29 is 5.11 Å².